The molecule has 3 rings (SSSR count). The lowest BCUT2D eigenvalue weighted by Gasteiger charge is -2.03. The van der Waals surface area contributed by atoms with E-state index < -0.39 is 11.9 Å². The topological polar surface area (TPSA) is 123 Å². The van der Waals surface area contributed by atoms with Crippen molar-refractivity contribution in [2.75, 3.05) is 0 Å². The molecule has 0 radical (unpaired) electrons. The number of nitrogens with one attached hydrogen (secondary N) is 2. The molecule has 8 heteroatoms. The van der Waals surface area contributed by atoms with Gasteiger partial charge in [-0.2, -0.15) is 10.2 Å². The van der Waals surface area contributed by atoms with Crippen molar-refractivity contribution >= 4 is 18.1 Å². The molecule has 0 fully saturated rings. The van der Waals surface area contributed by atoms with Crippen LogP contribution in [0.25, 0.3) is 11.3 Å². The Kier molecular flexibility index (Phi) is 4.42. The Morgan fingerprint density at radius 2 is 2.12 bits per heavy atom. The van der Waals surface area contributed by atoms with E-state index in [9.17, 15) is 14.7 Å². The zero-order valence-electron chi connectivity index (χ0n) is 13.1. The van der Waals surface area contributed by atoms with Crippen LogP contribution in [-0.4, -0.2) is 28.3 Å². The second-order valence-corrected chi connectivity index (χ2v) is 5.21. The maximum Gasteiger partial charge on any atom is 0.291 e. The molecule has 2 N–H and O–H groups in total. The average Bonchev–Trinajstić information content (AvgIpc) is 3.24. The molecule has 3 aromatic rings. The van der Waals surface area contributed by atoms with Gasteiger partial charge in [0, 0.05) is 11.3 Å². The molecule has 8 nitrogen and oxygen atoms in total. The SMILES string of the molecule is Cc1cc(C(=O)N/N=C\c2ccc(-c3cccc(C(=O)[O-])c3)o2)n[nH]1. The van der Waals surface area contributed by atoms with Crippen LogP contribution in [0.2, 0.25) is 0 Å². The second-order valence-electron chi connectivity index (χ2n) is 5.21. The smallest absolute Gasteiger partial charge is 0.291 e. The number of amides is 1. The fraction of sp³-hybridized carbons (Fsp3) is 0.0588. The van der Waals surface area contributed by atoms with Crippen molar-refractivity contribution in [3.8, 4) is 11.3 Å². The predicted octanol–water partition coefficient (Wildman–Crippen LogP) is 1.11. The number of aromatic amines is 1. The van der Waals surface area contributed by atoms with Gasteiger partial charge in [-0.1, -0.05) is 18.2 Å². The quantitative estimate of drug-likeness (QED) is 0.533. The highest BCUT2D eigenvalue weighted by molar-refractivity contribution is 5.93. The molecule has 0 bridgehead atoms. The third-order valence-corrected chi connectivity index (χ3v) is 3.31. The van der Waals surface area contributed by atoms with E-state index in [-0.39, 0.29) is 11.3 Å². The van der Waals surface area contributed by atoms with E-state index in [0.717, 1.165) is 5.69 Å². The Hall–Kier alpha value is -3.68. The van der Waals surface area contributed by atoms with Gasteiger partial charge in [-0.05, 0) is 36.8 Å². The maximum atomic E-state index is 11.8. The average molecular weight is 337 g/mol. The Morgan fingerprint density at radius 3 is 2.84 bits per heavy atom. The fourth-order valence-electron chi connectivity index (χ4n) is 2.12. The van der Waals surface area contributed by atoms with E-state index in [2.05, 4.69) is 20.7 Å². The van der Waals surface area contributed by atoms with Crippen LogP contribution in [0.5, 0.6) is 0 Å². The number of hydrogen-bond donors (Lipinski definition) is 2. The van der Waals surface area contributed by atoms with Gasteiger partial charge in [0.2, 0.25) is 0 Å². The molecule has 0 saturated carbocycles. The van der Waals surface area contributed by atoms with Crippen LogP contribution in [0, 0.1) is 6.92 Å². The van der Waals surface area contributed by atoms with Crippen LogP contribution in [-0.2, 0) is 0 Å². The first-order chi connectivity index (χ1) is 12.0. The summed E-state index contributed by atoms with van der Waals surface area (Å²) < 4.78 is 5.56. The van der Waals surface area contributed by atoms with Crippen molar-refractivity contribution in [1.82, 2.24) is 15.6 Å². The van der Waals surface area contributed by atoms with E-state index in [0.29, 0.717) is 17.1 Å². The number of hydrogen-bond acceptors (Lipinski definition) is 6. The summed E-state index contributed by atoms with van der Waals surface area (Å²) in [6, 6.07) is 11.1. The summed E-state index contributed by atoms with van der Waals surface area (Å²) in [7, 11) is 0. The first-order valence-electron chi connectivity index (χ1n) is 7.30. The number of hydrazone groups is 1. The minimum absolute atomic E-state index is 0.0608. The molecule has 25 heavy (non-hydrogen) atoms. The number of rotatable bonds is 5. The minimum atomic E-state index is -1.26. The number of aromatic carboxylic acids is 1. The van der Waals surface area contributed by atoms with Gasteiger partial charge in [-0.15, -0.1) is 0 Å². The van der Waals surface area contributed by atoms with Crippen LogP contribution < -0.4 is 10.5 Å². The molecule has 0 atom stereocenters. The Balaban J connectivity index is 1.68. The summed E-state index contributed by atoms with van der Waals surface area (Å²) in [6.07, 6.45) is 1.34. The Labute approximate surface area is 142 Å². The van der Waals surface area contributed by atoms with Gasteiger partial charge in [0.1, 0.15) is 11.5 Å². The molecule has 0 aliphatic carbocycles. The summed E-state index contributed by atoms with van der Waals surface area (Å²) in [5, 5.41) is 21.2. The number of carbonyl (C=O) groups is 2. The van der Waals surface area contributed by atoms with Crippen molar-refractivity contribution in [2.45, 2.75) is 6.92 Å². The van der Waals surface area contributed by atoms with Crippen LogP contribution in [0.15, 0.2) is 52.0 Å². The number of aryl methyl sites for hydroxylation is 1. The van der Waals surface area contributed by atoms with E-state index in [1.165, 1.54) is 18.3 Å². The van der Waals surface area contributed by atoms with E-state index in [1.54, 1.807) is 37.3 Å². The minimum Gasteiger partial charge on any atom is -0.545 e. The van der Waals surface area contributed by atoms with Gasteiger partial charge < -0.3 is 14.3 Å². The van der Waals surface area contributed by atoms with E-state index in [1.807, 2.05) is 0 Å². The lowest BCUT2D eigenvalue weighted by atomic mass is 10.1. The number of carboxylic acid groups (broad SMARTS) is 1. The third kappa shape index (κ3) is 3.81. The summed E-state index contributed by atoms with van der Waals surface area (Å²) >= 11 is 0. The normalized spacial score (nSPS) is 10.9. The number of carbonyl (C=O) groups excluding carboxylic acids is 2. The maximum absolute atomic E-state index is 11.8. The molecule has 0 spiro atoms. The standard InChI is InChI=1S/C17H14N4O4/c1-10-7-14(20-19-10)16(22)21-18-9-13-5-6-15(25-13)11-3-2-4-12(8-11)17(23)24/h2-9H,1H3,(H,19,20)(H,21,22)(H,23,24)/p-1/b18-9-. The first-order valence-corrected chi connectivity index (χ1v) is 7.30. The molecular weight excluding hydrogens is 324 g/mol. The van der Waals surface area contributed by atoms with E-state index in [4.69, 9.17) is 4.42 Å². The van der Waals surface area contributed by atoms with Crippen LogP contribution in [0.1, 0.15) is 32.3 Å². The lowest BCUT2D eigenvalue weighted by molar-refractivity contribution is -0.255. The molecule has 2 heterocycles. The highest BCUT2D eigenvalue weighted by atomic mass is 16.4. The Bertz CT molecular complexity index is 955. The number of furan rings is 1. The molecule has 1 aromatic carbocycles. The van der Waals surface area contributed by atoms with Crippen molar-refractivity contribution in [3.63, 3.8) is 0 Å². The molecule has 1 amide bonds. The van der Waals surface area contributed by atoms with Crippen molar-refractivity contribution < 1.29 is 19.1 Å². The van der Waals surface area contributed by atoms with Crippen molar-refractivity contribution in [2.24, 2.45) is 5.10 Å². The van der Waals surface area contributed by atoms with Crippen LogP contribution in [0.3, 0.4) is 0 Å². The van der Waals surface area contributed by atoms with Gasteiger partial charge in [0.05, 0.1) is 12.2 Å². The van der Waals surface area contributed by atoms with Crippen LogP contribution in [0.4, 0.5) is 0 Å². The molecule has 126 valence electrons. The largest absolute Gasteiger partial charge is 0.545 e. The lowest BCUT2D eigenvalue weighted by Crippen LogP contribution is -2.22. The number of nitrogens with zero attached hydrogens (tertiary/aromatic N) is 2. The first kappa shape index (κ1) is 16.2. The van der Waals surface area contributed by atoms with Gasteiger partial charge in [0.15, 0.2) is 5.69 Å². The van der Waals surface area contributed by atoms with Crippen molar-refractivity contribution in [3.05, 3.63) is 65.2 Å². The molecule has 0 saturated heterocycles. The number of benzene rings is 1. The number of H-pyrrole nitrogens is 1. The summed E-state index contributed by atoms with van der Waals surface area (Å²) in [5.41, 5.74) is 3.99. The van der Waals surface area contributed by atoms with Gasteiger partial charge in [-0.3, -0.25) is 9.89 Å². The zero-order chi connectivity index (χ0) is 17.8. The molecule has 0 unspecified atom stereocenters. The highest BCUT2D eigenvalue weighted by Gasteiger charge is 2.08. The highest BCUT2D eigenvalue weighted by Crippen LogP contribution is 2.22. The monoisotopic (exact) mass is 337 g/mol. The summed E-state index contributed by atoms with van der Waals surface area (Å²) in [4.78, 5) is 22.7. The predicted molar refractivity (Wildman–Crippen MR) is 86.9 cm³/mol. The van der Waals surface area contributed by atoms with Gasteiger partial charge in [-0.25, -0.2) is 5.43 Å². The fourth-order valence-corrected chi connectivity index (χ4v) is 2.12. The molecule has 0 aliphatic rings. The van der Waals surface area contributed by atoms with Gasteiger partial charge >= 0.3 is 0 Å². The molecule has 0 aliphatic heterocycles. The summed E-state index contributed by atoms with van der Waals surface area (Å²) in [5.74, 6) is -0.841. The van der Waals surface area contributed by atoms with Gasteiger partial charge in [0.25, 0.3) is 5.91 Å². The number of aromatic nitrogens is 2. The Morgan fingerprint density at radius 1 is 1.28 bits per heavy atom. The zero-order valence-corrected chi connectivity index (χ0v) is 13.1. The molecular formula is C17H13N4O4-. The van der Waals surface area contributed by atoms with Crippen LogP contribution >= 0.6 is 0 Å². The number of carboxylic acids is 1. The summed E-state index contributed by atoms with van der Waals surface area (Å²) in [6.45, 7) is 1.78. The molecule has 2 aromatic heterocycles. The second kappa shape index (κ2) is 6.83. The van der Waals surface area contributed by atoms with E-state index >= 15 is 0 Å². The van der Waals surface area contributed by atoms with Crippen molar-refractivity contribution in [1.29, 1.82) is 0 Å². The third-order valence-electron chi connectivity index (χ3n) is 3.31.